The molecule has 2 heterocycles. The molecule has 1 aliphatic carbocycles. The fourth-order valence-corrected chi connectivity index (χ4v) is 3.38. The van der Waals surface area contributed by atoms with Gasteiger partial charge in [0.05, 0.1) is 6.54 Å². The summed E-state index contributed by atoms with van der Waals surface area (Å²) in [5.41, 5.74) is 1.91. The van der Waals surface area contributed by atoms with E-state index in [1.54, 1.807) is 16.9 Å². The number of nitrogens with one attached hydrogen (secondary N) is 1. The van der Waals surface area contributed by atoms with Crippen molar-refractivity contribution in [2.24, 2.45) is 0 Å². The number of rotatable bonds is 7. The van der Waals surface area contributed by atoms with E-state index in [9.17, 15) is 18.0 Å². The Morgan fingerprint density at radius 2 is 2.00 bits per heavy atom. The second kappa shape index (κ2) is 7.97. The molecule has 6 nitrogen and oxygen atoms in total. The number of anilines is 1. The van der Waals surface area contributed by atoms with Crippen molar-refractivity contribution in [2.75, 3.05) is 5.32 Å². The van der Waals surface area contributed by atoms with E-state index in [0.29, 0.717) is 18.1 Å². The van der Waals surface area contributed by atoms with Gasteiger partial charge in [-0.25, -0.2) is 0 Å². The summed E-state index contributed by atoms with van der Waals surface area (Å²) in [6.45, 7) is 2.69. The third-order valence-electron chi connectivity index (χ3n) is 4.98. The lowest BCUT2D eigenvalue weighted by atomic mass is 10.1. The minimum absolute atomic E-state index is 0.0173. The van der Waals surface area contributed by atoms with Gasteiger partial charge in [-0.1, -0.05) is 29.8 Å². The van der Waals surface area contributed by atoms with Gasteiger partial charge in [0.15, 0.2) is 11.5 Å². The average Bonchev–Trinajstić information content (AvgIpc) is 3.26. The molecule has 0 aliphatic heterocycles. The van der Waals surface area contributed by atoms with Gasteiger partial charge >= 0.3 is 6.18 Å². The maximum Gasteiger partial charge on any atom is 0.435 e. The lowest BCUT2D eigenvalue weighted by Crippen LogP contribution is -2.17. The zero-order valence-corrected chi connectivity index (χ0v) is 16.5. The summed E-state index contributed by atoms with van der Waals surface area (Å²) in [6, 6.07) is 10.9. The van der Waals surface area contributed by atoms with E-state index in [4.69, 9.17) is 0 Å². The Balaban J connectivity index is 1.34. The van der Waals surface area contributed by atoms with Gasteiger partial charge < -0.3 is 5.32 Å². The van der Waals surface area contributed by atoms with Crippen molar-refractivity contribution in [3.8, 4) is 0 Å². The van der Waals surface area contributed by atoms with E-state index in [1.807, 2.05) is 25.1 Å². The van der Waals surface area contributed by atoms with Crippen LogP contribution in [-0.2, 0) is 24.1 Å². The van der Waals surface area contributed by atoms with Crippen molar-refractivity contribution in [2.45, 2.75) is 51.4 Å². The fourth-order valence-electron chi connectivity index (χ4n) is 3.38. The van der Waals surface area contributed by atoms with E-state index in [2.05, 4.69) is 21.6 Å². The van der Waals surface area contributed by atoms with Crippen molar-refractivity contribution in [3.63, 3.8) is 0 Å². The molecule has 0 unspecified atom stereocenters. The molecular weight excluding hydrogens is 395 g/mol. The number of carbonyl (C=O) groups is 1. The third-order valence-corrected chi connectivity index (χ3v) is 4.98. The number of amides is 1. The third kappa shape index (κ3) is 4.90. The molecule has 1 N–H and O–H groups in total. The molecular formula is C21H22F3N5O. The highest BCUT2D eigenvalue weighted by Crippen LogP contribution is 2.42. The minimum atomic E-state index is -4.48. The molecule has 4 rings (SSSR count). The zero-order chi connectivity index (χ0) is 21.3. The molecule has 2 aromatic heterocycles. The fraction of sp³-hybridized carbons (Fsp3) is 0.381. The Labute approximate surface area is 171 Å². The number of carbonyl (C=O) groups excluding carboxylic acids is 1. The summed E-state index contributed by atoms with van der Waals surface area (Å²) in [5.74, 6) is 0.196. The summed E-state index contributed by atoms with van der Waals surface area (Å²) in [5, 5.41) is 10.7. The minimum Gasteiger partial charge on any atom is -0.309 e. The molecule has 0 atom stereocenters. The number of aryl methyl sites for hydroxylation is 2. The van der Waals surface area contributed by atoms with Crippen molar-refractivity contribution < 1.29 is 18.0 Å². The van der Waals surface area contributed by atoms with Crippen LogP contribution in [0.1, 0.15) is 47.7 Å². The van der Waals surface area contributed by atoms with Gasteiger partial charge in [-0.3, -0.25) is 14.2 Å². The quantitative estimate of drug-likeness (QED) is 0.621. The number of hydrogen-bond acceptors (Lipinski definition) is 3. The molecule has 0 spiro atoms. The van der Waals surface area contributed by atoms with E-state index in [1.165, 1.54) is 4.68 Å². The number of nitrogens with zero attached hydrogens (tertiary/aromatic N) is 4. The van der Waals surface area contributed by atoms with Crippen LogP contribution in [0.5, 0.6) is 0 Å². The molecule has 158 valence electrons. The normalized spacial score (nSPS) is 14.1. The first-order valence-corrected chi connectivity index (χ1v) is 9.82. The van der Waals surface area contributed by atoms with E-state index >= 15 is 0 Å². The highest BCUT2D eigenvalue weighted by atomic mass is 19.4. The maximum atomic E-state index is 13.0. The highest BCUT2D eigenvalue weighted by molar-refractivity contribution is 5.89. The van der Waals surface area contributed by atoms with Crippen molar-refractivity contribution in [3.05, 3.63) is 65.1 Å². The number of alkyl halides is 3. The topological polar surface area (TPSA) is 64.7 Å². The van der Waals surface area contributed by atoms with Crippen LogP contribution in [0.4, 0.5) is 19.0 Å². The van der Waals surface area contributed by atoms with E-state index in [0.717, 1.165) is 30.0 Å². The smallest absolute Gasteiger partial charge is 0.309 e. The first kappa shape index (κ1) is 20.2. The molecule has 0 saturated heterocycles. The van der Waals surface area contributed by atoms with Crippen molar-refractivity contribution in [1.82, 2.24) is 19.6 Å². The molecule has 1 aromatic carbocycles. The van der Waals surface area contributed by atoms with Gasteiger partial charge in [-0.05, 0) is 31.4 Å². The van der Waals surface area contributed by atoms with Crippen molar-refractivity contribution in [1.29, 1.82) is 0 Å². The van der Waals surface area contributed by atoms with Crippen LogP contribution in [0.15, 0.2) is 42.6 Å². The van der Waals surface area contributed by atoms with Crippen LogP contribution in [0.2, 0.25) is 0 Å². The summed E-state index contributed by atoms with van der Waals surface area (Å²) in [6.07, 6.45) is -0.988. The van der Waals surface area contributed by atoms with Gasteiger partial charge in [0.1, 0.15) is 0 Å². The second-order valence-electron chi connectivity index (χ2n) is 7.64. The van der Waals surface area contributed by atoms with Gasteiger partial charge in [0.25, 0.3) is 0 Å². The first-order chi connectivity index (χ1) is 14.3. The predicted octanol–water partition coefficient (Wildman–Crippen LogP) is 4.36. The number of aromatic nitrogens is 4. The summed E-state index contributed by atoms with van der Waals surface area (Å²) in [4.78, 5) is 12.3. The predicted molar refractivity (Wildman–Crippen MR) is 105 cm³/mol. The Kier molecular flexibility index (Phi) is 5.36. The number of benzene rings is 1. The standard InChI is InChI=1S/C21H22F3N5O/c1-14-3-2-4-15(11-14)13-28-9-7-19(27-28)25-20(30)8-10-29-17(16-5-6-16)12-18(26-29)21(22,23)24/h2-4,7,9,11-12,16H,5-6,8,10,13H2,1H3,(H,25,27,30). The van der Waals surface area contributed by atoms with Gasteiger partial charge in [-0.2, -0.15) is 23.4 Å². The SMILES string of the molecule is Cc1cccc(Cn2ccc(NC(=O)CCn3nc(C(F)(F)F)cc3C3CC3)n2)c1. The maximum absolute atomic E-state index is 13.0. The molecule has 1 aliphatic rings. The number of hydrogen-bond donors (Lipinski definition) is 1. The van der Waals surface area contributed by atoms with Crippen LogP contribution < -0.4 is 5.32 Å². The Morgan fingerprint density at radius 3 is 2.70 bits per heavy atom. The molecule has 30 heavy (non-hydrogen) atoms. The van der Waals surface area contributed by atoms with Crippen LogP contribution >= 0.6 is 0 Å². The van der Waals surface area contributed by atoms with Crippen LogP contribution in [0, 0.1) is 6.92 Å². The van der Waals surface area contributed by atoms with Crippen molar-refractivity contribution >= 4 is 11.7 Å². The summed E-state index contributed by atoms with van der Waals surface area (Å²) >= 11 is 0. The zero-order valence-electron chi connectivity index (χ0n) is 16.5. The molecule has 3 aromatic rings. The molecule has 0 radical (unpaired) electrons. The molecule has 0 bridgehead atoms. The molecule has 1 amide bonds. The summed E-state index contributed by atoms with van der Waals surface area (Å²) in [7, 11) is 0. The second-order valence-corrected chi connectivity index (χ2v) is 7.64. The van der Waals surface area contributed by atoms with E-state index < -0.39 is 11.9 Å². The highest BCUT2D eigenvalue weighted by Gasteiger charge is 2.37. The Hall–Kier alpha value is -3.10. The molecule has 9 heteroatoms. The average molecular weight is 417 g/mol. The van der Waals surface area contributed by atoms with E-state index in [-0.39, 0.29) is 24.8 Å². The summed E-state index contributed by atoms with van der Waals surface area (Å²) < 4.78 is 41.9. The van der Waals surface area contributed by atoms with Gasteiger partial charge in [0.2, 0.25) is 5.91 Å². The largest absolute Gasteiger partial charge is 0.435 e. The van der Waals surface area contributed by atoms with Crippen LogP contribution in [-0.4, -0.2) is 25.5 Å². The number of halogens is 3. The monoisotopic (exact) mass is 417 g/mol. The molecule has 1 saturated carbocycles. The first-order valence-electron chi connectivity index (χ1n) is 9.82. The lowest BCUT2D eigenvalue weighted by Gasteiger charge is -2.07. The Morgan fingerprint density at radius 1 is 1.20 bits per heavy atom. The van der Waals surface area contributed by atoms with Gasteiger partial charge in [0, 0.05) is 36.8 Å². The lowest BCUT2D eigenvalue weighted by molar-refractivity contribution is -0.141. The van der Waals surface area contributed by atoms with Gasteiger partial charge in [-0.15, -0.1) is 0 Å². The Bertz CT molecular complexity index is 1050. The molecule has 1 fully saturated rings. The van der Waals surface area contributed by atoms with Crippen LogP contribution in [0.25, 0.3) is 0 Å². The van der Waals surface area contributed by atoms with Crippen LogP contribution in [0.3, 0.4) is 0 Å².